The quantitative estimate of drug-likeness (QED) is 0.135. The lowest BCUT2D eigenvalue weighted by molar-refractivity contribution is -0.147. The number of ketones is 4. The van der Waals surface area contributed by atoms with E-state index in [0.717, 1.165) is 4.90 Å². The molecule has 2 aromatic rings. The molecule has 0 radical (unpaired) electrons. The average Bonchev–Trinajstić information content (AvgIpc) is 3.68. The van der Waals surface area contributed by atoms with Crippen LogP contribution >= 0.6 is 0 Å². The fraction of sp³-hybridized carbons (Fsp3) is 0.585. The van der Waals surface area contributed by atoms with Crippen molar-refractivity contribution >= 4 is 40.9 Å². The van der Waals surface area contributed by atoms with Crippen LogP contribution < -0.4 is 5.32 Å². The Kier molecular flexibility index (Phi) is 14.6. The maximum atomic E-state index is 15.3. The number of aliphatic carboxylic acids is 1. The number of alkyl halides is 2. The Morgan fingerprint density at radius 2 is 1.64 bits per heavy atom. The molecule has 2 amide bonds. The number of benzene rings is 1. The number of nitrogens with zero attached hydrogens (tertiary/aromatic N) is 3. The molecule has 14 heteroatoms. The number of carbonyl (C=O) groups excluding carboxylic acids is 6. The number of amides is 2. The van der Waals surface area contributed by atoms with E-state index in [1.54, 1.807) is 65.0 Å². The second kappa shape index (κ2) is 18.7. The summed E-state index contributed by atoms with van der Waals surface area (Å²) in [5.41, 5.74) is 0.759. The molecule has 0 bridgehead atoms. The van der Waals surface area contributed by atoms with E-state index in [1.165, 1.54) is 18.6 Å². The average molecular weight is 767 g/mol. The maximum Gasteiger partial charge on any atom is 0.307 e. The highest BCUT2D eigenvalue weighted by Crippen LogP contribution is 2.51. The number of carboxylic acids is 1. The van der Waals surface area contributed by atoms with Crippen LogP contribution in [-0.2, 0) is 35.2 Å². The van der Waals surface area contributed by atoms with Crippen LogP contribution in [-0.4, -0.2) is 85.4 Å². The van der Waals surface area contributed by atoms with Crippen molar-refractivity contribution in [1.82, 2.24) is 20.2 Å². The van der Waals surface area contributed by atoms with Gasteiger partial charge in [-0.2, -0.15) is 0 Å². The third kappa shape index (κ3) is 10.5. The predicted octanol–water partition coefficient (Wildman–Crippen LogP) is 5.18. The van der Waals surface area contributed by atoms with Gasteiger partial charge in [-0.1, -0.05) is 71.4 Å². The summed E-state index contributed by atoms with van der Waals surface area (Å²) in [6.07, 6.45) is 2.82. The number of carboxylic acid groups (broad SMARTS) is 1. The first-order chi connectivity index (χ1) is 26.0. The molecule has 1 saturated carbocycles. The molecular formula is C41H52F2N4O8. The number of hydrogen-bond acceptors (Lipinski definition) is 9. The molecule has 2 heterocycles. The molecule has 2 aliphatic rings. The van der Waals surface area contributed by atoms with E-state index in [4.69, 9.17) is 0 Å². The molecule has 298 valence electrons. The van der Waals surface area contributed by atoms with Gasteiger partial charge in [0.25, 0.3) is 5.92 Å². The molecule has 1 aromatic heterocycles. The van der Waals surface area contributed by atoms with Gasteiger partial charge in [0.05, 0.1) is 18.2 Å². The van der Waals surface area contributed by atoms with Gasteiger partial charge in [-0.05, 0) is 42.6 Å². The van der Waals surface area contributed by atoms with Crippen molar-refractivity contribution < 1.29 is 47.4 Å². The first-order valence-electron chi connectivity index (χ1n) is 19.1. The molecule has 0 spiro atoms. The van der Waals surface area contributed by atoms with Crippen molar-refractivity contribution in [3.05, 3.63) is 60.2 Å². The summed E-state index contributed by atoms with van der Waals surface area (Å²) in [4.78, 5) is 103. The lowest BCUT2D eigenvalue weighted by Gasteiger charge is -2.33. The van der Waals surface area contributed by atoms with Crippen molar-refractivity contribution in [3.8, 4) is 0 Å². The number of rotatable bonds is 20. The Morgan fingerprint density at radius 3 is 2.22 bits per heavy atom. The number of hydrogen-bond donors (Lipinski definition) is 2. The van der Waals surface area contributed by atoms with Crippen LogP contribution in [0.1, 0.15) is 95.6 Å². The SMILES string of the molecule is CCCC(CC(=O)C1[C@H]2CCC(F)(F)C2CN1C(=O)[C@@H](NC(=O)[C@H](CC(=O)c1cnccn1)C(C)C)C(C)C)C(=O)C(=O)C[C@@H](Cc1ccccc1)C(=O)O. The summed E-state index contributed by atoms with van der Waals surface area (Å²) < 4.78 is 30.5. The summed E-state index contributed by atoms with van der Waals surface area (Å²) in [6.45, 7) is 8.17. The molecule has 3 unspecified atom stereocenters. The van der Waals surface area contributed by atoms with E-state index in [-0.39, 0.29) is 37.3 Å². The zero-order valence-electron chi connectivity index (χ0n) is 32.1. The van der Waals surface area contributed by atoms with Crippen LogP contribution in [0.25, 0.3) is 0 Å². The van der Waals surface area contributed by atoms with Gasteiger partial charge in [-0.25, -0.2) is 13.8 Å². The molecule has 2 fully saturated rings. The van der Waals surface area contributed by atoms with E-state index in [1.807, 2.05) is 0 Å². The van der Waals surface area contributed by atoms with Crippen molar-refractivity contribution in [3.63, 3.8) is 0 Å². The van der Waals surface area contributed by atoms with Gasteiger partial charge < -0.3 is 15.3 Å². The summed E-state index contributed by atoms with van der Waals surface area (Å²) >= 11 is 0. The van der Waals surface area contributed by atoms with E-state index < -0.39 is 120 Å². The normalized spacial score (nSPS) is 21.0. The third-order valence-electron chi connectivity index (χ3n) is 11.1. The van der Waals surface area contributed by atoms with Gasteiger partial charge in [-0.3, -0.25) is 38.5 Å². The van der Waals surface area contributed by atoms with Gasteiger partial charge >= 0.3 is 5.97 Å². The highest BCUT2D eigenvalue weighted by atomic mass is 19.3. The maximum absolute atomic E-state index is 15.3. The van der Waals surface area contributed by atoms with Crippen molar-refractivity contribution in [2.24, 2.45) is 41.4 Å². The van der Waals surface area contributed by atoms with Crippen LogP contribution in [0.2, 0.25) is 0 Å². The monoisotopic (exact) mass is 766 g/mol. The predicted molar refractivity (Wildman–Crippen MR) is 197 cm³/mol. The minimum absolute atomic E-state index is 0.0203. The summed E-state index contributed by atoms with van der Waals surface area (Å²) in [5.74, 6) is -14.9. The Hall–Kier alpha value is -4.75. The fourth-order valence-electron chi connectivity index (χ4n) is 7.97. The second-order valence-electron chi connectivity index (χ2n) is 15.7. The second-order valence-corrected chi connectivity index (χ2v) is 15.7. The highest BCUT2D eigenvalue weighted by Gasteiger charge is 2.61. The van der Waals surface area contributed by atoms with Crippen LogP contribution in [0.4, 0.5) is 8.78 Å². The fourth-order valence-corrected chi connectivity index (χ4v) is 7.97. The van der Waals surface area contributed by atoms with E-state index in [0.29, 0.717) is 12.0 Å². The van der Waals surface area contributed by atoms with Crippen molar-refractivity contribution in [2.45, 2.75) is 104 Å². The molecule has 2 N–H and O–H groups in total. The van der Waals surface area contributed by atoms with Crippen LogP contribution in [0.5, 0.6) is 0 Å². The molecule has 1 aromatic carbocycles. The van der Waals surface area contributed by atoms with Crippen LogP contribution in [0.3, 0.4) is 0 Å². The minimum Gasteiger partial charge on any atom is -0.481 e. The smallest absolute Gasteiger partial charge is 0.307 e. The highest BCUT2D eigenvalue weighted by molar-refractivity contribution is 6.38. The molecule has 7 atom stereocenters. The van der Waals surface area contributed by atoms with Crippen LogP contribution in [0.15, 0.2) is 48.9 Å². The topological polar surface area (TPSA) is 181 Å². The van der Waals surface area contributed by atoms with Crippen molar-refractivity contribution in [2.75, 3.05) is 6.54 Å². The van der Waals surface area contributed by atoms with Gasteiger partial charge in [0, 0.05) is 62.4 Å². The van der Waals surface area contributed by atoms with Crippen LogP contribution in [0, 0.1) is 41.4 Å². The van der Waals surface area contributed by atoms with Gasteiger partial charge in [-0.15, -0.1) is 0 Å². The van der Waals surface area contributed by atoms with Crippen molar-refractivity contribution in [1.29, 1.82) is 0 Å². The number of Topliss-reactive ketones (excluding diaryl/α,β-unsaturated/α-hetero) is 4. The standard InChI is InChI=1S/C41H52F2N4O8/c1-6-10-26(37(51)34(50)19-27(40(54)55)17-25-11-8-7-9-12-25)18-33(49)36-28-13-14-41(42,43)30(28)22-47(36)39(53)35(24(4)5)46-38(52)29(23(2)3)20-32(48)31-21-44-15-16-45-31/h7-9,11-12,15-16,21,23-24,26-30,35-36H,6,10,13-14,17-20,22H2,1-5H3,(H,46,52)(H,54,55)/t26?,27-,28+,29-,30?,35+,36?/m1/s1. The Balaban J connectivity index is 1.54. The Labute approximate surface area is 320 Å². The number of halogens is 2. The van der Waals surface area contributed by atoms with Gasteiger partial charge in [0.1, 0.15) is 11.7 Å². The van der Waals surface area contributed by atoms with Gasteiger partial charge in [0.2, 0.25) is 17.6 Å². The number of likely N-dealkylation sites (tertiary alicyclic amines) is 1. The zero-order chi connectivity index (χ0) is 40.6. The number of fused-ring (bicyclic) bond motifs is 1. The van der Waals surface area contributed by atoms with E-state index in [2.05, 4.69) is 15.3 Å². The van der Waals surface area contributed by atoms with E-state index >= 15 is 8.78 Å². The largest absolute Gasteiger partial charge is 0.481 e. The molecule has 1 aliphatic heterocycles. The molecule has 55 heavy (non-hydrogen) atoms. The third-order valence-corrected chi connectivity index (χ3v) is 11.1. The number of carbonyl (C=O) groups is 7. The number of aromatic nitrogens is 2. The zero-order valence-corrected chi connectivity index (χ0v) is 32.1. The summed E-state index contributed by atoms with van der Waals surface area (Å²) in [5, 5.41) is 12.6. The first kappa shape index (κ1) is 43.0. The Bertz CT molecular complexity index is 1720. The lowest BCUT2D eigenvalue weighted by atomic mass is 9.82. The van der Waals surface area contributed by atoms with Gasteiger partial charge in [0.15, 0.2) is 17.3 Å². The molecule has 1 aliphatic carbocycles. The molecule has 1 saturated heterocycles. The number of nitrogens with one attached hydrogen (secondary N) is 1. The Morgan fingerprint density at radius 1 is 0.945 bits per heavy atom. The minimum atomic E-state index is -3.16. The van der Waals surface area contributed by atoms with E-state index in [9.17, 15) is 38.7 Å². The summed E-state index contributed by atoms with van der Waals surface area (Å²) in [6, 6.07) is 6.12. The molecule has 12 nitrogen and oxygen atoms in total. The molecular weight excluding hydrogens is 714 g/mol. The summed E-state index contributed by atoms with van der Waals surface area (Å²) in [7, 11) is 0. The first-order valence-corrected chi connectivity index (χ1v) is 19.1. The lowest BCUT2D eigenvalue weighted by Crippen LogP contribution is -2.56. The molecule has 4 rings (SSSR count).